The van der Waals surface area contributed by atoms with Gasteiger partial charge in [0, 0.05) is 5.56 Å². The number of halogens is 1. The lowest BCUT2D eigenvalue weighted by atomic mass is 9.75. The van der Waals surface area contributed by atoms with Gasteiger partial charge < -0.3 is 4.74 Å². The molecule has 1 aliphatic carbocycles. The minimum Gasteiger partial charge on any atom is -0.370 e. The van der Waals surface area contributed by atoms with E-state index in [9.17, 15) is 4.79 Å². The van der Waals surface area contributed by atoms with E-state index in [1.165, 1.54) is 12.8 Å². The molecule has 1 saturated carbocycles. The van der Waals surface area contributed by atoms with E-state index in [0.717, 1.165) is 6.42 Å². The molecule has 1 fully saturated rings. The van der Waals surface area contributed by atoms with Crippen LogP contribution in [-0.4, -0.2) is 18.5 Å². The summed E-state index contributed by atoms with van der Waals surface area (Å²) in [6, 6.07) is 7.17. The van der Waals surface area contributed by atoms with Gasteiger partial charge in [0.05, 0.1) is 11.1 Å². The van der Waals surface area contributed by atoms with Crippen LogP contribution in [0.2, 0.25) is 5.02 Å². The Hall–Kier alpha value is -0.860. The maximum Gasteiger partial charge on any atom is 0.189 e. The number of rotatable bonds is 5. The first kappa shape index (κ1) is 16.5. The molecular weight excluding hydrogens is 284 g/mol. The lowest BCUT2D eigenvalue weighted by Gasteiger charge is -2.37. The molecule has 0 aromatic heterocycles. The number of ether oxygens (including phenoxy) is 1. The van der Waals surface area contributed by atoms with Gasteiger partial charge in [-0.2, -0.15) is 0 Å². The van der Waals surface area contributed by atoms with Gasteiger partial charge in [0.1, 0.15) is 6.61 Å². The second-order valence-electron chi connectivity index (χ2n) is 6.58. The summed E-state index contributed by atoms with van der Waals surface area (Å²) in [6.07, 6.45) is 3.71. The van der Waals surface area contributed by atoms with Gasteiger partial charge in [-0.15, -0.1) is 0 Å². The third kappa shape index (κ3) is 4.31. The largest absolute Gasteiger partial charge is 0.370 e. The number of hydrogen-bond acceptors (Lipinski definition) is 2. The fourth-order valence-corrected chi connectivity index (χ4v) is 3.50. The van der Waals surface area contributed by atoms with Gasteiger partial charge in [-0.05, 0) is 42.7 Å². The third-order valence-electron chi connectivity index (χ3n) is 4.56. The van der Waals surface area contributed by atoms with Crippen LogP contribution in [0.1, 0.15) is 50.4 Å². The number of carbonyl (C=O) groups excluding carboxylic acids is 1. The molecule has 1 aromatic rings. The maximum atomic E-state index is 12.3. The van der Waals surface area contributed by atoms with Gasteiger partial charge in [-0.25, -0.2) is 0 Å². The van der Waals surface area contributed by atoms with Crippen molar-refractivity contribution in [1.29, 1.82) is 0 Å². The third-order valence-corrected chi connectivity index (χ3v) is 4.89. The Balaban J connectivity index is 1.97. The molecule has 0 saturated heterocycles. The fourth-order valence-electron chi connectivity index (χ4n) is 3.25. The smallest absolute Gasteiger partial charge is 0.189 e. The van der Waals surface area contributed by atoms with Crippen molar-refractivity contribution >= 4 is 17.4 Å². The van der Waals surface area contributed by atoms with E-state index >= 15 is 0 Å². The van der Waals surface area contributed by atoms with E-state index in [0.29, 0.717) is 28.3 Å². The Morgan fingerprint density at radius 3 is 2.71 bits per heavy atom. The van der Waals surface area contributed by atoms with Crippen molar-refractivity contribution in [3.05, 3.63) is 34.9 Å². The molecule has 0 aliphatic heterocycles. The minimum atomic E-state index is -0.0265. The van der Waals surface area contributed by atoms with Gasteiger partial charge in [0.15, 0.2) is 5.78 Å². The van der Waals surface area contributed by atoms with Crippen molar-refractivity contribution in [3.63, 3.8) is 0 Å². The van der Waals surface area contributed by atoms with Crippen molar-refractivity contribution in [1.82, 2.24) is 0 Å². The van der Waals surface area contributed by atoms with Gasteiger partial charge >= 0.3 is 0 Å². The van der Waals surface area contributed by atoms with E-state index in [1.54, 1.807) is 12.1 Å². The zero-order valence-corrected chi connectivity index (χ0v) is 13.9. The number of ketones is 1. The summed E-state index contributed by atoms with van der Waals surface area (Å²) >= 11 is 6.07. The number of carbonyl (C=O) groups is 1. The highest BCUT2D eigenvalue weighted by Gasteiger charge is 2.31. The Labute approximate surface area is 132 Å². The molecule has 3 heteroatoms. The summed E-state index contributed by atoms with van der Waals surface area (Å²) in [5, 5.41) is 0.503. The molecule has 3 atom stereocenters. The predicted octanol–water partition coefficient (Wildman–Crippen LogP) is 5.00. The van der Waals surface area contributed by atoms with Crippen LogP contribution in [0.4, 0.5) is 0 Å². The lowest BCUT2D eigenvalue weighted by molar-refractivity contribution is -0.0309. The zero-order valence-electron chi connectivity index (χ0n) is 13.1. The molecule has 2 nitrogen and oxygen atoms in total. The standard InChI is InChI=1S/C18H25ClO2/c1-12(2)14-9-8-13(3)10-18(14)21-11-17(20)15-6-4-5-7-16(15)19/h4-7,12-14,18H,8-11H2,1-3H3. The van der Waals surface area contributed by atoms with Crippen LogP contribution in [0.25, 0.3) is 0 Å². The molecule has 116 valence electrons. The van der Waals surface area contributed by atoms with Crippen LogP contribution >= 0.6 is 11.6 Å². The fraction of sp³-hybridized carbons (Fsp3) is 0.611. The summed E-state index contributed by atoms with van der Waals surface area (Å²) in [7, 11) is 0. The second kappa shape index (κ2) is 7.42. The van der Waals surface area contributed by atoms with Crippen molar-refractivity contribution in [2.75, 3.05) is 6.61 Å². The summed E-state index contributed by atoms with van der Waals surface area (Å²) in [5.41, 5.74) is 0.559. The van der Waals surface area contributed by atoms with E-state index in [-0.39, 0.29) is 18.5 Å². The van der Waals surface area contributed by atoms with Crippen LogP contribution in [-0.2, 0) is 4.74 Å². The molecule has 1 aromatic carbocycles. The Morgan fingerprint density at radius 1 is 1.33 bits per heavy atom. The Morgan fingerprint density at radius 2 is 2.05 bits per heavy atom. The summed E-state index contributed by atoms with van der Waals surface area (Å²) in [5.74, 6) is 1.81. The zero-order chi connectivity index (χ0) is 15.4. The van der Waals surface area contributed by atoms with Crippen LogP contribution in [0.15, 0.2) is 24.3 Å². The van der Waals surface area contributed by atoms with Gasteiger partial charge in [-0.3, -0.25) is 4.79 Å². The Bertz CT molecular complexity index is 484. The van der Waals surface area contributed by atoms with E-state index in [2.05, 4.69) is 20.8 Å². The number of Topliss-reactive ketones (excluding diaryl/α,β-unsaturated/α-hetero) is 1. The van der Waals surface area contributed by atoms with Crippen LogP contribution in [0, 0.1) is 17.8 Å². The molecule has 0 spiro atoms. The summed E-state index contributed by atoms with van der Waals surface area (Å²) in [6.45, 7) is 6.88. The Kier molecular flexibility index (Phi) is 5.83. The molecule has 3 unspecified atom stereocenters. The lowest BCUT2D eigenvalue weighted by Crippen LogP contribution is -2.35. The van der Waals surface area contributed by atoms with Crippen LogP contribution in [0.3, 0.4) is 0 Å². The number of hydrogen-bond donors (Lipinski definition) is 0. The summed E-state index contributed by atoms with van der Waals surface area (Å²) in [4.78, 5) is 12.3. The molecule has 0 heterocycles. The molecule has 21 heavy (non-hydrogen) atoms. The van der Waals surface area contributed by atoms with Gasteiger partial charge in [0.2, 0.25) is 0 Å². The number of benzene rings is 1. The van der Waals surface area contributed by atoms with Gasteiger partial charge in [0.25, 0.3) is 0 Å². The van der Waals surface area contributed by atoms with Crippen LogP contribution < -0.4 is 0 Å². The average Bonchev–Trinajstić information content (AvgIpc) is 2.45. The molecule has 0 amide bonds. The first-order valence-corrected chi connectivity index (χ1v) is 8.26. The second-order valence-corrected chi connectivity index (χ2v) is 6.99. The van der Waals surface area contributed by atoms with Gasteiger partial charge in [-0.1, -0.05) is 50.9 Å². The highest BCUT2D eigenvalue weighted by Crippen LogP contribution is 2.35. The van der Waals surface area contributed by atoms with Crippen molar-refractivity contribution in [2.45, 2.75) is 46.1 Å². The predicted molar refractivity (Wildman–Crippen MR) is 86.9 cm³/mol. The topological polar surface area (TPSA) is 26.3 Å². The quantitative estimate of drug-likeness (QED) is 0.715. The molecule has 0 radical (unpaired) electrons. The van der Waals surface area contributed by atoms with E-state index in [4.69, 9.17) is 16.3 Å². The van der Waals surface area contributed by atoms with Crippen molar-refractivity contribution in [3.8, 4) is 0 Å². The normalized spacial score (nSPS) is 26.0. The maximum absolute atomic E-state index is 12.3. The molecular formula is C18H25ClO2. The molecule has 2 rings (SSSR count). The average molecular weight is 309 g/mol. The first-order chi connectivity index (χ1) is 9.99. The SMILES string of the molecule is CC1CCC(C(C)C)C(OCC(=O)c2ccccc2Cl)C1. The highest BCUT2D eigenvalue weighted by molar-refractivity contribution is 6.34. The highest BCUT2D eigenvalue weighted by atomic mass is 35.5. The van der Waals surface area contributed by atoms with E-state index in [1.807, 2.05) is 12.1 Å². The van der Waals surface area contributed by atoms with Crippen molar-refractivity contribution in [2.24, 2.45) is 17.8 Å². The molecule has 0 N–H and O–H groups in total. The van der Waals surface area contributed by atoms with Crippen LogP contribution in [0.5, 0.6) is 0 Å². The van der Waals surface area contributed by atoms with Crippen molar-refractivity contribution < 1.29 is 9.53 Å². The first-order valence-electron chi connectivity index (χ1n) is 7.88. The van der Waals surface area contributed by atoms with E-state index < -0.39 is 0 Å². The summed E-state index contributed by atoms with van der Waals surface area (Å²) < 4.78 is 5.99. The minimum absolute atomic E-state index is 0.0265. The molecule has 0 bridgehead atoms. The monoisotopic (exact) mass is 308 g/mol. The molecule has 1 aliphatic rings.